The summed E-state index contributed by atoms with van der Waals surface area (Å²) in [4.78, 5) is 11.9. The first kappa shape index (κ1) is 16.7. The van der Waals surface area contributed by atoms with Crippen LogP contribution in [-0.2, 0) is 11.2 Å². The van der Waals surface area contributed by atoms with Gasteiger partial charge in [-0.3, -0.25) is 4.79 Å². The second-order valence-corrected chi connectivity index (χ2v) is 5.50. The Morgan fingerprint density at radius 3 is 2.50 bits per heavy atom. The minimum absolute atomic E-state index is 0.0273. The molecule has 0 heterocycles. The lowest BCUT2D eigenvalue weighted by Crippen LogP contribution is -2.27. The lowest BCUT2D eigenvalue weighted by atomic mass is 10.1. The van der Waals surface area contributed by atoms with E-state index in [0.717, 1.165) is 25.9 Å². The monoisotopic (exact) mass is 277 g/mol. The molecule has 0 aromatic heterocycles. The summed E-state index contributed by atoms with van der Waals surface area (Å²) in [6, 6.07) is 7.83. The van der Waals surface area contributed by atoms with E-state index in [0.29, 0.717) is 24.6 Å². The van der Waals surface area contributed by atoms with E-state index >= 15 is 0 Å². The van der Waals surface area contributed by atoms with Gasteiger partial charge in [0, 0.05) is 18.7 Å². The van der Waals surface area contributed by atoms with Crippen molar-refractivity contribution < 1.29 is 9.53 Å². The molecule has 112 valence electrons. The van der Waals surface area contributed by atoms with E-state index < -0.39 is 0 Å². The van der Waals surface area contributed by atoms with Crippen molar-refractivity contribution in [3.63, 3.8) is 0 Å². The molecule has 0 fully saturated rings. The fourth-order valence-electron chi connectivity index (χ4n) is 1.87. The summed E-state index contributed by atoms with van der Waals surface area (Å²) in [7, 11) is 0. The molecular weight excluding hydrogens is 250 g/mol. The average molecular weight is 277 g/mol. The van der Waals surface area contributed by atoms with Gasteiger partial charge in [0.2, 0.25) is 0 Å². The van der Waals surface area contributed by atoms with Crippen LogP contribution in [0.5, 0.6) is 0 Å². The molecule has 0 unspecified atom stereocenters. The molecule has 0 saturated heterocycles. The molecule has 1 aromatic rings. The number of benzene rings is 1. The number of rotatable bonds is 9. The number of nitrogens with one attached hydrogen (secondary N) is 1. The quantitative estimate of drug-likeness (QED) is 0.702. The van der Waals surface area contributed by atoms with Crippen molar-refractivity contribution in [1.29, 1.82) is 0 Å². The van der Waals surface area contributed by atoms with Crippen molar-refractivity contribution in [3.05, 3.63) is 35.4 Å². The number of amides is 1. The van der Waals surface area contributed by atoms with Crippen molar-refractivity contribution in [2.75, 3.05) is 19.8 Å². The Labute approximate surface area is 122 Å². The zero-order valence-corrected chi connectivity index (χ0v) is 12.9. The standard InChI is InChI=1S/C17H27NO2/c1-4-5-15-6-8-16(9-7-15)17(19)18-11-13-20-12-10-14(2)3/h6-9,14H,4-5,10-13H2,1-3H3,(H,18,19). The Bertz CT molecular complexity index is 384. The topological polar surface area (TPSA) is 38.3 Å². The summed E-state index contributed by atoms with van der Waals surface area (Å²) >= 11 is 0. The second-order valence-electron chi connectivity index (χ2n) is 5.50. The zero-order chi connectivity index (χ0) is 14.8. The van der Waals surface area contributed by atoms with Crippen LogP contribution < -0.4 is 5.32 Å². The Kier molecular flexibility index (Phi) is 7.97. The van der Waals surface area contributed by atoms with Crippen molar-refractivity contribution in [3.8, 4) is 0 Å². The van der Waals surface area contributed by atoms with Gasteiger partial charge in [-0.15, -0.1) is 0 Å². The number of aryl methyl sites for hydroxylation is 1. The Morgan fingerprint density at radius 2 is 1.90 bits per heavy atom. The van der Waals surface area contributed by atoms with E-state index in [1.54, 1.807) is 0 Å². The van der Waals surface area contributed by atoms with Crippen LogP contribution >= 0.6 is 0 Å². The fraction of sp³-hybridized carbons (Fsp3) is 0.588. The van der Waals surface area contributed by atoms with Gasteiger partial charge in [0.25, 0.3) is 5.91 Å². The first-order valence-corrected chi connectivity index (χ1v) is 7.58. The molecule has 1 rings (SSSR count). The van der Waals surface area contributed by atoms with Crippen LogP contribution in [0.1, 0.15) is 49.5 Å². The van der Waals surface area contributed by atoms with Gasteiger partial charge in [-0.25, -0.2) is 0 Å². The van der Waals surface area contributed by atoms with E-state index in [4.69, 9.17) is 4.74 Å². The molecule has 3 nitrogen and oxygen atoms in total. The van der Waals surface area contributed by atoms with Crippen LogP contribution in [0.15, 0.2) is 24.3 Å². The minimum Gasteiger partial charge on any atom is -0.380 e. The van der Waals surface area contributed by atoms with Gasteiger partial charge >= 0.3 is 0 Å². The lowest BCUT2D eigenvalue weighted by Gasteiger charge is -2.08. The fourth-order valence-corrected chi connectivity index (χ4v) is 1.87. The summed E-state index contributed by atoms with van der Waals surface area (Å²) in [6.07, 6.45) is 3.25. The van der Waals surface area contributed by atoms with Crippen LogP contribution in [-0.4, -0.2) is 25.7 Å². The molecule has 3 heteroatoms. The van der Waals surface area contributed by atoms with Crippen LogP contribution in [0.2, 0.25) is 0 Å². The van der Waals surface area contributed by atoms with Gasteiger partial charge < -0.3 is 10.1 Å². The van der Waals surface area contributed by atoms with Crippen LogP contribution in [0.3, 0.4) is 0 Å². The predicted molar refractivity (Wildman–Crippen MR) is 83.0 cm³/mol. The van der Waals surface area contributed by atoms with Gasteiger partial charge in [0.05, 0.1) is 6.61 Å². The van der Waals surface area contributed by atoms with Crippen molar-refractivity contribution in [1.82, 2.24) is 5.32 Å². The zero-order valence-electron chi connectivity index (χ0n) is 12.9. The number of hydrogen-bond donors (Lipinski definition) is 1. The van der Waals surface area contributed by atoms with Crippen LogP contribution in [0.4, 0.5) is 0 Å². The Hall–Kier alpha value is -1.35. The molecule has 1 aromatic carbocycles. The maximum absolute atomic E-state index is 11.9. The smallest absolute Gasteiger partial charge is 0.251 e. The lowest BCUT2D eigenvalue weighted by molar-refractivity contribution is 0.0906. The largest absolute Gasteiger partial charge is 0.380 e. The minimum atomic E-state index is -0.0273. The summed E-state index contributed by atoms with van der Waals surface area (Å²) in [5.74, 6) is 0.631. The summed E-state index contributed by atoms with van der Waals surface area (Å²) in [6.45, 7) is 8.40. The van der Waals surface area contributed by atoms with Crippen LogP contribution in [0.25, 0.3) is 0 Å². The third kappa shape index (κ3) is 6.71. The van der Waals surface area contributed by atoms with E-state index in [-0.39, 0.29) is 5.91 Å². The van der Waals surface area contributed by atoms with Gasteiger partial charge in [0.1, 0.15) is 0 Å². The number of hydrogen-bond acceptors (Lipinski definition) is 2. The molecule has 0 aliphatic heterocycles. The molecule has 0 atom stereocenters. The molecule has 0 aliphatic carbocycles. The van der Waals surface area contributed by atoms with Crippen LogP contribution in [0, 0.1) is 5.92 Å². The molecular formula is C17H27NO2. The molecule has 0 saturated carbocycles. The van der Waals surface area contributed by atoms with Gasteiger partial charge in [-0.05, 0) is 36.5 Å². The normalized spacial score (nSPS) is 10.8. The number of carbonyl (C=O) groups excluding carboxylic acids is 1. The van der Waals surface area contributed by atoms with Crippen molar-refractivity contribution in [2.45, 2.75) is 40.0 Å². The third-order valence-electron chi connectivity index (χ3n) is 3.13. The maximum atomic E-state index is 11.9. The highest BCUT2D eigenvalue weighted by molar-refractivity contribution is 5.94. The van der Waals surface area contributed by atoms with Crippen molar-refractivity contribution in [2.24, 2.45) is 5.92 Å². The molecule has 1 amide bonds. The molecule has 20 heavy (non-hydrogen) atoms. The third-order valence-corrected chi connectivity index (χ3v) is 3.13. The second kappa shape index (κ2) is 9.54. The summed E-state index contributed by atoms with van der Waals surface area (Å²) < 4.78 is 5.47. The van der Waals surface area contributed by atoms with E-state index in [1.807, 2.05) is 24.3 Å². The van der Waals surface area contributed by atoms with Gasteiger partial charge in [-0.2, -0.15) is 0 Å². The molecule has 0 bridgehead atoms. The van der Waals surface area contributed by atoms with Gasteiger partial charge in [-0.1, -0.05) is 39.3 Å². The highest BCUT2D eigenvalue weighted by Crippen LogP contribution is 2.06. The highest BCUT2D eigenvalue weighted by atomic mass is 16.5. The van der Waals surface area contributed by atoms with E-state index in [2.05, 4.69) is 26.1 Å². The first-order chi connectivity index (χ1) is 9.63. The molecule has 1 N–H and O–H groups in total. The predicted octanol–water partition coefficient (Wildman–Crippen LogP) is 3.43. The SMILES string of the molecule is CCCc1ccc(C(=O)NCCOCCC(C)C)cc1. The summed E-state index contributed by atoms with van der Waals surface area (Å²) in [5.41, 5.74) is 1.99. The maximum Gasteiger partial charge on any atom is 0.251 e. The number of ether oxygens (including phenoxy) is 1. The highest BCUT2D eigenvalue weighted by Gasteiger charge is 2.04. The summed E-state index contributed by atoms with van der Waals surface area (Å²) in [5, 5.41) is 2.87. The van der Waals surface area contributed by atoms with E-state index in [9.17, 15) is 4.79 Å². The first-order valence-electron chi connectivity index (χ1n) is 7.58. The van der Waals surface area contributed by atoms with E-state index in [1.165, 1.54) is 5.56 Å². The van der Waals surface area contributed by atoms with Crippen molar-refractivity contribution >= 4 is 5.91 Å². The van der Waals surface area contributed by atoms with Gasteiger partial charge in [0.15, 0.2) is 0 Å². The molecule has 0 spiro atoms. The molecule has 0 aliphatic rings. The Morgan fingerprint density at radius 1 is 1.20 bits per heavy atom. The molecule has 0 radical (unpaired) electrons. The number of carbonyl (C=O) groups is 1. The Balaban J connectivity index is 2.22. The average Bonchev–Trinajstić information content (AvgIpc) is 2.43.